The summed E-state index contributed by atoms with van der Waals surface area (Å²) in [5, 5.41) is 4.03. The summed E-state index contributed by atoms with van der Waals surface area (Å²) in [5.74, 6) is 0.273. The fourth-order valence-electron chi connectivity index (χ4n) is 1.17. The zero-order valence-electron chi connectivity index (χ0n) is 7.70. The second kappa shape index (κ2) is 3.41. The summed E-state index contributed by atoms with van der Waals surface area (Å²) in [4.78, 5) is 11.8. The van der Waals surface area contributed by atoms with Crippen molar-refractivity contribution in [1.82, 2.24) is 24.7 Å². The number of nitrogens with two attached hydrogens (primary N) is 1. The van der Waals surface area contributed by atoms with Gasteiger partial charge in [-0.05, 0) is 13.0 Å². The molecule has 2 N–H and O–H groups in total. The Labute approximate surface area is 80.8 Å². The van der Waals surface area contributed by atoms with Crippen LogP contribution in [0.25, 0.3) is 0 Å². The molecule has 0 bridgehead atoms. The van der Waals surface area contributed by atoms with Gasteiger partial charge in [-0.1, -0.05) is 0 Å². The zero-order valence-corrected chi connectivity index (χ0v) is 7.70. The van der Waals surface area contributed by atoms with E-state index in [0.29, 0.717) is 0 Å². The first-order valence-corrected chi connectivity index (χ1v) is 4.20. The van der Waals surface area contributed by atoms with E-state index in [2.05, 4.69) is 20.1 Å². The van der Waals surface area contributed by atoms with Crippen LogP contribution >= 0.6 is 0 Å². The van der Waals surface area contributed by atoms with E-state index >= 15 is 0 Å². The topological polar surface area (TPSA) is 82.5 Å². The van der Waals surface area contributed by atoms with Crippen LogP contribution in [0.1, 0.15) is 18.7 Å². The molecule has 6 nitrogen and oxygen atoms in total. The molecule has 2 heterocycles. The van der Waals surface area contributed by atoms with E-state index in [-0.39, 0.29) is 12.0 Å². The summed E-state index contributed by atoms with van der Waals surface area (Å²) >= 11 is 0. The van der Waals surface area contributed by atoms with Gasteiger partial charge in [0.2, 0.25) is 5.95 Å². The van der Waals surface area contributed by atoms with E-state index in [0.717, 1.165) is 5.69 Å². The molecule has 0 radical (unpaired) electrons. The molecular weight excluding hydrogens is 180 g/mol. The fraction of sp³-hybridized carbons (Fsp3) is 0.250. The number of nitrogen functional groups attached to an aromatic ring is 1. The number of rotatable bonds is 2. The second-order valence-corrected chi connectivity index (χ2v) is 2.89. The highest BCUT2D eigenvalue weighted by atomic mass is 15.3. The summed E-state index contributed by atoms with van der Waals surface area (Å²) in [5.41, 5.74) is 6.30. The molecule has 0 aliphatic carbocycles. The van der Waals surface area contributed by atoms with Crippen molar-refractivity contribution in [3.05, 3.63) is 30.6 Å². The summed E-state index contributed by atoms with van der Waals surface area (Å²) in [6, 6.07) is 1.82. The maximum Gasteiger partial charge on any atom is 0.220 e. The maximum absolute atomic E-state index is 5.48. The van der Waals surface area contributed by atoms with Crippen LogP contribution in [0.3, 0.4) is 0 Å². The molecule has 0 spiro atoms. The van der Waals surface area contributed by atoms with Gasteiger partial charge in [0.25, 0.3) is 0 Å². The molecule has 6 heteroatoms. The predicted molar refractivity (Wildman–Crippen MR) is 50.3 cm³/mol. The summed E-state index contributed by atoms with van der Waals surface area (Å²) in [6.45, 7) is 1.97. The van der Waals surface area contributed by atoms with Crippen molar-refractivity contribution in [3.63, 3.8) is 0 Å². The molecule has 0 aliphatic rings. The molecule has 72 valence electrons. The summed E-state index contributed by atoms with van der Waals surface area (Å²) in [6.07, 6.45) is 4.76. The Morgan fingerprint density at radius 2 is 2.36 bits per heavy atom. The predicted octanol–water partition coefficient (Wildman–Crippen LogP) is 0.260. The standard InChI is InChI=1S/C8H10N6/c1-6(14-5-10-4-12-14)7-2-3-11-8(9)13-7/h2-6H,1H3,(H2,9,11,13)/t6-/m0/s1. The Hall–Kier alpha value is -1.98. The zero-order chi connectivity index (χ0) is 9.97. The first-order valence-electron chi connectivity index (χ1n) is 4.20. The Morgan fingerprint density at radius 1 is 1.50 bits per heavy atom. The molecule has 2 aromatic rings. The third-order valence-corrected chi connectivity index (χ3v) is 1.96. The van der Waals surface area contributed by atoms with E-state index in [1.165, 1.54) is 6.33 Å². The van der Waals surface area contributed by atoms with Crippen LogP contribution in [0.5, 0.6) is 0 Å². The van der Waals surface area contributed by atoms with Crippen molar-refractivity contribution in [2.45, 2.75) is 13.0 Å². The Morgan fingerprint density at radius 3 is 3.00 bits per heavy atom. The minimum atomic E-state index is 0.0165. The van der Waals surface area contributed by atoms with Crippen LogP contribution in [-0.2, 0) is 0 Å². The Bertz CT molecular complexity index is 410. The second-order valence-electron chi connectivity index (χ2n) is 2.89. The fourth-order valence-corrected chi connectivity index (χ4v) is 1.17. The van der Waals surface area contributed by atoms with Gasteiger partial charge >= 0.3 is 0 Å². The van der Waals surface area contributed by atoms with Crippen LogP contribution in [0, 0.1) is 0 Å². The molecule has 1 atom stereocenters. The van der Waals surface area contributed by atoms with Gasteiger partial charge in [0, 0.05) is 6.20 Å². The molecule has 2 rings (SSSR count). The number of aromatic nitrogens is 5. The van der Waals surface area contributed by atoms with Crippen LogP contribution in [-0.4, -0.2) is 24.7 Å². The molecule has 0 unspecified atom stereocenters. The number of nitrogens with zero attached hydrogens (tertiary/aromatic N) is 5. The SMILES string of the molecule is C[C@@H](c1ccnc(N)n1)n1cncn1. The highest BCUT2D eigenvalue weighted by Gasteiger charge is 2.09. The average molecular weight is 190 g/mol. The quantitative estimate of drug-likeness (QED) is 0.734. The van der Waals surface area contributed by atoms with E-state index in [1.807, 2.05) is 13.0 Å². The minimum Gasteiger partial charge on any atom is -0.368 e. The number of anilines is 1. The molecule has 0 saturated carbocycles. The molecule has 0 amide bonds. The van der Waals surface area contributed by atoms with E-state index in [1.54, 1.807) is 17.2 Å². The van der Waals surface area contributed by atoms with Gasteiger partial charge in [-0.3, -0.25) is 0 Å². The number of hydrogen-bond donors (Lipinski definition) is 1. The van der Waals surface area contributed by atoms with Gasteiger partial charge in [-0.15, -0.1) is 0 Å². The third-order valence-electron chi connectivity index (χ3n) is 1.96. The molecule has 0 fully saturated rings. The van der Waals surface area contributed by atoms with Crippen molar-refractivity contribution in [3.8, 4) is 0 Å². The van der Waals surface area contributed by atoms with Gasteiger partial charge < -0.3 is 5.73 Å². The van der Waals surface area contributed by atoms with Gasteiger partial charge in [0.05, 0.1) is 11.7 Å². The largest absolute Gasteiger partial charge is 0.368 e. The lowest BCUT2D eigenvalue weighted by Crippen LogP contribution is -2.10. The van der Waals surface area contributed by atoms with Gasteiger partial charge in [0.15, 0.2) is 0 Å². The first kappa shape index (κ1) is 8.61. The Balaban J connectivity index is 2.32. The average Bonchev–Trinajstić information content (AvgIpc) is 2.69. The highest BCUT2D eigenvalue weighted by Crippen LogP contribution is 2.13. The van der Waals surface area contributed by atoms with E-state index < -0.39 is 0 Å². The molecule has 14 heavy (non-hydrogen) atoms. The molecule has 0 saturated heterocycles. The summed E-state index contributed by atoms with van der Waals surface area (Å²) < 4.78 is 1.71. The van der Waals surface area contributed by atoms with Crippen molar-refractivity contribution in [2.24, 2.45) is 0 Å². The van der Waals surface area contributed by atoms with E-state index in [4.69, 9.17) is 5.73 Å². The normalized spacial score (nSPS) is 12.6. The molecule has 0 aromatic carbocycles. The minimum absolute atomic E-state index is 0.0165. The van der Waals surface area contributed by atoms with Crippen LogP contribution in [0.4, 0.5) is 5.95 Å². The van der Waals surface area contributed by atoms with Crippen molar-refractivity contribution in [1.29, 1.82) is 0 Å². The van der Waals surface area contributed by atoms with E-state index in [9.17, 15) is 0 Å². The maximum atomic E-state index is 5.48. The highest BCUT2D eigenvalue weighted by molar-refractivity contribution is 5.19. The molecular formula is C8H10N6. The lowest BCUT2D eigenvalue weighted by atomic mass is 10.2. The van der Waals surface area contributed by atoms with Crippen molar-refractivity contribution in [2.75, 3.05) is 5.73 Å². The van der Waals surface area contributed by atoms with Gasteiger partial charge in [-0.2, -0.15) is 5.10 Å². The smallest absolute Gasteiger partial charge is 0.220 e. The lowest BCUT2D eigenvalue weighted by Gasteiger charge is -2.10. The lowest BCUT2D eigenvalue weighted by molar-refractivity contribution is 0.549. The first-order chi connectivity index (χ1) is 6.77. The van der Waals surface area contributed by atoms with Crippen LogP contribution in [0.15, 0.2) is 24.9 Å². The van der Waals surface area contributed by atoms with Crippen LogP contribution < -0.4 is 5.73 Å². The van der Waals surface area contributed by atoms with Gasteiger partial charge in [0.1, 0.15) is 12.7 Å². The van der Waals surface area contributed by atoms with Gasteiger partial charge in [-0.25, -0.2) is 19.6 Å². The van der Waals surface area contributed by atoms with Crippen LogP contribution in [0.2, 0.25) is 0 Å². The van der Waals surface area contributed by atoms with Crippen molar-refractivity contribution < 1.29 is 0 Å². The third kappa shape index (κ3) is 1.54. The molecule has 2 aromatic heterocycles. The monoisotopic (exact) mass is 190 g/mol. The van der Waals surface area contributed by atoms with Crippen molar-refractivity contribution >= 4 is 5.95 Å². The Kier molecular flexibility index (Phi) is 2.10. The molecule has 0 aliphatic heterocycles. The number of hydrogen-bond acceptors (Lipinski definition) is 5. The summed E-state index contributed by atoms with van der Waals surface area (Å²) in [7, 11) is 0.